The van der Waals surface area contributed by atoms with Gasteiger partial charge in [-0.25, -0.2) is 4.39 Å². The number of carbonyl (C=O) groups is 2. The highest BCUT2D eigenvalue weighted by Gasteiger charge is 2.28. The summed E-state index contributed by atoms with van der Waals surface area (Å²) >= 11 is 6.10. The number of methoxy groups -OCH3 is 1. The van der Waals surface area contributed by atoms with Crippen molar-refractivity contribution < 1.29 is 18.7 Å². The maximum atomic E-state index is 14.2. The molecule has 0 saturated carbocycles. The predicted octanol–water partition coefficient (Wildman–Crippen LogP) is 4.36. The van der Waals surface area contributed by atoms with Crippen LogP contribution in [-0.4, -0.2) is 35.9 Å². The Hall–Kier alpha value is -2.60. The Morgan fingerprint density at radius 1 is 1.17 bits per heavy atom. The van der Waals surface area contributed by atoms with E-state index in [-0.39, 0.29) is 41.4 Å². The fourth-order valence-corrected chi connectivity index (χ4v) is 3.16. The van der Waals surface area contributed by atoms with Gasteiger partial charge in [-0.1, -0.05) is 36.7 Å². The molecule has 2 aromatic rings. The lowest BCUT2D eigenvalue weighted by molar-refractivity contribution is -0.140. The molecule has 2 atom stereocenters. The highest BCUT2D eigenvalue weighted by Crippen LogP contribution is 2.22. The topological polar surface area (TPSA) is 58.6 Å². The van der Waals surface area contributed by atoms with Crippen molar-refractivity contribution >= 4 is 23.4 Å². The minimum absolute atomic E-state index is 0.0149. The summed E-state index contributed by atoms with van der Waals surface area (Å²) < 4.78 is 19.4. The van der Waals surface area contributed by atoms with Crippen LogP contribution >= 0.6 is 11.6 Å². The van der Waals surface area contributed by atoms with E-state index in [0.717, 1.165) is 12.0 Å². The lowest BCUT2D eigenvalue weighted by Crippen LogP contribution is -2.50. The van der Waals surface area contributed by atoms with Crippen LogP contribution in [0.3, 0.4) is 0 Å². The van der Waals surface area contributed by atoms with E-state index in [0.29, 0.717) is 5.75 Å². The first kappa shape index (κ1) is 23.7. The summed E-state index contributed by atoms with van der Waals surface area (Å²) in [5, 5.41) is 3.09. The van der Waals surface area contributed by atoms with Crippen molar-refractivity contribution in [3.63, 3.8) is 0 Å². The van der Waals surface area contributed by atoms with E-state index in [1.165, 1.54) is 17.0 Å². The van der Waals surface area contributed by atoms with Gasteiger partial charge in [0.2, 0.25) is 11.8 Å². The maximum Gasteiger partial charge on any atom is 0.242 e. The number of hydrogen-bond acceptors (Lipinski definition) is 3. The van der Waals surface area contributed by atoms with E-state index >= 15 is 0 Å². The highest BCUT2D eigenvalue weighted by atomic mass is 35.5. The second-order valence-electron chi connectivity index (χ2n) is 7.24. The van der Waals surface area contributed by atoms with Gasteiger partial charge in [-0.2, -0.15) is 0 Å². The average Bonchev–Trinajstić information content (AvgIpc) is 2.74. The molecule has 2 amide bonds. The average molecular weight is 435 g/mol. The molecule has 162 valence electrons. The number of halogens is 2. The van der Waals surface area contributed by atoms with Crippen molar-refractivity contribution in [2.75, 3.05) is 7.11 Å². The van der Waals surface area contributed by atoms with Gasteiger partial charge in [0.05, 0.1) is 13.5 Å². The number of benzene rings is 2. The molecule has 0 aliphatic heterocycles. The lowest BCUT2D eigenvalue weighted by atomic mass is 10.1. The molecule has 0 radical (unpaired) electrons. The van der Waals surface area contributed by atoms with E-state index in [9.17, 15) is 14.0 Å². The zero-order chi connectivity index (χ0) is 22.3. The number of carbonyl (C=O) groups excluding carboxylic acids is 2. The van der Waals surface area contributed by atoms with Crippen molar-refractivity contribution in [1.82, 2.24) is 10.2 Å². The number of rotatable bonds is 9. The standard InChI is InChI=1S/C23H28ClFN2O3/c1-5-15(2)26-23(29)16(3)27(14-17-9-11-18(30-4)12-10-17)22(28)13-19-20(24)7-6-8-21(19)25/h6-12,15-16H,5,13-14H2,1-4H3,(H,26,29)/t15-,16+/m1/s1. The first-order valence-corrected chi connectivity index (χ1v) is 10.3. The lowest BCUT2D eigenvalue weighted by Gasteiger charge is -2.30. The molecule has 2 aromatic carbocycles. The quantitative estimate of drug-likeness (QED) is 0.637. The Morgan fingerprint density at radius 3 is 2.40 bits per heavy atom. The zero-order valence-electron chi connectivity index (χ0n) is 17.7. The second-order valence-corrected chi connectivity index (χ2v) is 7.65. The van der Waals surface area contributed by atoms with Gasteiger partial charge < -0.3 is 15.0 Å². The molecular weight excluding hydrogens is 407 g/mol. The highest BCUT2D eigenvalue weighted by molar-refractivity contribution is 6.31. The summed E-state index contributed by atoms with van der Waals surface area (Å²) in [4.78, 5) is 27.3. The maximum absolute atomic E-state index is 14.2. The third-order valence-corrected chi connectivity index (χ3v) is 5.42. The number of nitrogens with zero attached hydrogens (tertiary/aromatic N) is 1. The summed E-state index contributed by atoms with van der Waals surface area (Å²) in [5.41, 5.74) is 0.949. The molecule has 1 N–H and O–H groups in total. The molecule has 0 heterocycles. The van der Waals surface area contributed by atoms with Crippen LogP contribution in [0.25, 0.3) is 0 Å². The van der Waals surface area contributed by atoms with Crippen LogP contribution in [-0.2, 0) is 22.6 Å². The SMILES string of the molecule is CC[C@@H](C)NC(=O)[C@H](C)N(Cc1ccc(OC)cc1)C(=O)Cc1c(F)cccc1Cl. The minimum Gasteiger partial charge on any atom is -0.497 e. The molecule has 0 unspecified atom stereocenters. The molecule has 0 aliphatic rings. The van der Waals surface area contributed by atoms with Crippen LogP contribution in [0.4, 0.5) is 4.39 Å². The van der Waals surface area contributed by atoms with Crippen molar-refractivity contribution in [1.29, 1.82) is 0 Å². The van der Waals surface area contributed by atoms with Gasteiger partial charge in [0.25, 0.3) is 0 Å². The van der Waals surface area contributed by atoms with E-state index < -0.39 is 11.9 Å². The first-order valence-electron chi connectivity index (χ1n) is 9.92. The smallest absolute Gasteiger partial charge is 0.242 e. The zero-order valence-corrected chi connectivity index (χ0v) is 18.5. The van der Waals surface area contributed by atoms with Crippen molar-refractivity contribution in [2.24, 2.45) is 0 Å². The van der Waals surface area contributed by atoms with Crippen LogP contribution in [0.5, 0.6) is 5.75 Å². The van der Waals surface area contributed by atoms with Gasteiger partial charge in [-0.3, -0.25) is 9.59 Å². The molecule has 7 heteroatoms. The van der Waals surface area contributed by atoms with E-state index in [4.69, 9.17) is 16.3 Å². The van der Waals surface area contributed by atoms with Crippen LogP contribution in [0.2, 0.25) is 5.02 Å². The summed E-state index contributed by atoms with van der Waals surface area (Å²) in [6.45, 7) is 5.74. The van der Waals surface area contributed by atoms with Gasteiger partial charge in [0.1, 0.15) is 17.6 Å². The Bertz CT molecular complexity index is 853. The van der Waals surface area contributed by atoms with Gasteiger partial charge >= 0.3 is 0 Å². The molecule has 0 bridgehead atoms. The first-order chi connectivity index (χ1) is 14.3. The Morgan fingerprint density at radius 2 is 1.83 bits per heavy atom. The molecule has 0 saturated heterocycles. The summed E-state index contributed by atoms with van der Waals surface area (Å²) in [6.07, 6.45) is 0.540. The molecular formula is C23H28ClFN2O3. The third kappa shape index (κ3) is 6.20. The molecule has 0 spiro atoms. The van der Waals surface area contributed by atoms with Crippen molar-refractivity contribution in [3.05, 3.63) is 64.4 Å². The Kier molecular flexibility index (Phi) is 8.66. The molecule has 2 rings (SSSR count). The summed E-state index contributed by atoms with van der Waals surface area (Å²) in [5.74, 6) is -0.496. The van der Waals surface area contributed by atoms with Crippen LogP contribution < -0.4 is 10.1 Å². The normalized spacial score (nSPS) is 12.7. The Labute approximate surface area is 182 Å². The monoisotopic (exact) mass is 434 g/mol. The van der Waals surface area contributed by atoms with Crippen LogP contribution in [0, 0.1) is 5.82 Å². The van der Waals surface area contributed by atoms with Gasteiger partial charge in [-0.15, -0.1) is 0 Å². The summed E-state index contributed by atoms with van der Waals surface area (Å²) in [6, 6.07) is 10.8. The number of ether oxygens (including phenoxy) is 1. The Balaban J connectivity index is 2.28. The predicted molar refractivity (Wildman–Crippen MR) is 116 cm³/mol. The molecule has 0 fully saturated rings. The van der Waals surface area contributed by atoms with Gasteiger partial charge in [0.15, 0.2) is 0 Å². The molecule has 0 aromatic heterocycles. The van der Waals surface area contributed by atoms with Crippen LogP contribution in [0.15, 0.2) is 42.5 Å². The van der Waals surface area contributed by atoms with Crippen molar-refractivity contribution in [2.45, 2.75) is 52.2 Å². The van der Waals surface area contributed by atoms with E-state index in [2.05, 4.69) is 5.32 Å². The number of hydrogen-bond donors (Lipinski definition) is 1. The van der Waals surface area contributed by atoms with E-state index in [1.807, 2.05) is 26.0 Å². The molecule has 0 aliphatic carbocycles. The molecule has 5 nitrogen and oxygen atoms in total. The van der Waals surface area contributed by atoms with Gasteiger partial charge in [0, 0.05) is 23.2 Å². The van der Waals surface area contributed by atoms with Crippen LogP contribution in [0.1, 0.15) is 38.3 Å². The summed E-state index contributed by atoms with van der Waals surface area (Å²) in [7, 11) is 1.57. The third-order valence-electron chi connectivity index (χ3n) is 5.07. The number of amides is 2. The van der Waals surface area contributed by atoms with Gasteiger partial charge in [-0.05, 0) is 50.1 Å². The fourth-order valence-electron chi connectivity index (χ4n) is 2.93. The largest absolute Gasteiger partial charge is 0.497 e. The number of nitrogens with one attached hydrogen (secondary N) is 1. The fraction of sp³-hybridized carbons (Fsp3) is 0.391. The van der Waals surface area contributed by atoms with E-state index in [1.54, 1.807) is 32.2 Å². The van der Waals surface area contributed by atoms with Crippen molar-refractivity contribution in [3.8, 4) is 5.75 Å². The second kappa shape index (κ2) is 11.0. The molecule has 30 heavy (non-hydrogen) atoms. The minimum atomic E-state index is -0.737.